The van der Waals surface area contributed by atoms with Gasteiger partial charge in [-0.25, -0.2) is 9.59 Å². The highest BCUT2D eigenvalue weighted by atomic mass is 35.5. The summed E-state index contributed by atoms with van der Waals surface area (Å²) in [6.07, 6.45) is 3.60. The van der Waals surface area contributed by atoms with Crippen molar-refractivity contribution >= 4 is 34.2 Å². The van der Waals surface area contributed by atoms with Crippen molar-refractivity contribution in [1.29, 1.82) is 0 Å². The summed E-state index contributed by atoms with van der Waals surface area (Å²) in [6.45, 7) is 2.68. The maximum Gasteiger partial charge on any atom is 0.340 e. The zero-order valence-electron chi connectivity index (χ0n) is 17.2. The van der Waals surface area contributed by atoms with Crippen LogP contribution in [-0.4, -0.2) is 19.3 Å². The lowest BCUT2D eigenvalue weighted by molar-refractivity contribution is 0.0527. The molecule has 0 spiro atoms. The van der Waals surface area contributed by atoms with Gasteiger partial charge in [-0.05, 0) is 56.4 Å². The molecule has 3 aromatic rings. The third-order valence-electron chi connectivity index (χ3n) is 5.97. The van der Waals surface area contributed by atoms with Crippen LogP contribution in [0.4, 0.5) is 5.69 Å². The Morgan fingerprint density at radius 2 is 1.94 bits per heavy atom. The molecule has 0 radical (unpaired) electrons. The number of ether oxygens (including phenoxy) is 2. The SMILES string of the molecule is CCOC(=O)c1ccccc1N1COc2c(Cl)cc3c4c(c(=O)oc3c2C1)CCCC4. The highest BCUT2D eigenvalue weighted by Crippen LogP contribution is 2.42. The molecule has 31 heavy (non-hydrogen) atoms. The van der Waals surface area contributed by atoms with Gasteiger partial charge in [0.05, 0.1) is 35.0 Å². The number of halogens is 1. The van der Waals surface area contributed by atoms with Crippen molar-refractivity contribution in [2.24, 2.45) is 0 Å². The number of para-hydroxylation sites is 1. The molecule has 2 aromatic carbocycles. The topological polar surface area (TPSA) is 69.0 Å². The van der Waals surface area contributed by atoms with E-state index in [-0.39, 0.29) is 18.3 Å². The predicted molar refractivity (Wildman–Crippen MR) is 118 cm³/mol. The molecular weight excluding hydrogens is 418 g/mol. The van der Waals surface area contributed by atoms with Crippen molar-refractivity contribution < 1.29 is 18.7 Å². The van der Waals surface area contributed by atoms with Crippen LogP contribution in [0.2, 0.25) is 5.02 Å². The van der Waals surface area contributed by atoms with E-state index in [1.165, 1.54) is 0 Å². The molecule has 0 saturated carbocycles. The molecule has 0 fully saturated rings. The minimum absolute atomic E-state index is 0.212. The summed E-state index contributed by atoms with van der Waals surface area (Å²) in [5.41, 5.74) is 3.90. The van der Waals surface area contributed by atoms with Crippen LogP contribution in [0.5, 0.6) is 5.75 Å². The fourth-order valence-corrected chi connectivity index (χ4v) is 4.83. The average Bonchev–Trinajstić information content (AvgIpc) is 2.80. The first kappa shape index (κ1) is 19.9. The van der Waals surface area contributed by atoms with Gasteiger partial charge in [-0.2, -0.15) is 0 Å². The summed E-state index contributed by atoms with van der Waals surface area (Å²) in [5, 5.41) is 1.38. The molecule has 7 heteroatoms. The van der Waals surface area contributed by atoms with E-state index in [1.54, 1.807) is 19.1 Å². The van der Waals surface area contributed by atoms with Crippen LogP contribution in [0.3, 0.4) is 0 Å². The van der Waals surface area contributed by atoms with Crippen molar-refractivity contribution in [3.63, 3.8) is 0 Å². The number of hydrogen-bond acceptors (Lipinski definition) is 6. The van der Waals surface area contributed by atoms with Crippen molar-refractivity contribution in [2.45, 2.75) is 39.2 Å². The minimum atomic E-state index is -0.388. The number of hydrogen-bond donors (Lipinski definition) is 0. The van der Waals surface area contributed by atoms with E-state index in [1.807, 2.05) is 23.1 Å². The highest BCUT2D eigenvalue weighted by molar-refractivity contribution is 6.33. The van der Waals surface area contributed by atoms with Gasteiger partial charge >= 0.3 is 11.6 Å². The van der Waals surface area contributed by atoms with Gasteiger partial charge in [0.25, 0.3) is 0 Å². The number of benzene rings is 2. The van der Waals surface area contributed by atoms with E-state index < -0.39 is 0 Å². The lowest BCUT2D eigenvalue weighted by Crippen LogP contribution is -2.33. The zero-order valence-corrected chi connectivity index (χ0v) is 18.0. The van der Waals surface area contributed by atoms with E-state index >= 15 is 0 Å². The third-order valence-corrected chi connectivity index (χ3v) is 6.25. The van der Waals surface area contributed by atoms with Crippen LogP contribution in [0.1, 0.15) is 46.8 Å². The number of nitrogens with zero attached hydrogens (tertiary/aromatic N) is 1. The van der Waals surface area contributed by atoms with Gasteiger partial charge in [-0.3, -0.25) is 0 Å². The molecule has 1 aromatic heterocycles. The average molecular weight is 440 g/mol. The van der Waals surface area contributed by atoms with Gasteiger partial charge < -0.3 is 18.8 Å². The molecule has 0 amide bonds. The van der Waals surface area contributed by atoms with Crippen LogP contribution in [0.15, 0.2) is 39.5 Å². The molecule has 2 heterocycles. The Kier molecular flexibility index (Phi) is 5.10. The first-order chi connectivity index (χ1) is 15.1. The Hall–Kier alpha value is -2.99. The number of fused-ring (bicyclic) bond motifs is 5. The Labute approximate surface area is 184 Å². The molecule has 5 rings (SSSR count). The normalized spacial score (nSPS) is 15.2. The number of rotatable bonds is 3. The molecule has 2 aliphatic rings. The Balaban J connectivity index is 1.64. The molecule has 6 nitrogen and oxygen atoms in total. The quantitative estimate of drug-likeness (QED) is 0.429. The van der Waals surface area contributed by atoms with Crippen molar-refractivity contribution in [1.82, 2.24) is 0 Å². The molecule has 0 saturated heterocycles. The number of aryl methyl sites for hydroxylation is 1. The molecule has 0 N–H and O–H groups in total. The lowest BCUT2D eigenvalue weighted by Gasteiger charge is -2.32. The summed E-state index contributed by atoms with van der Waals surface area (Å²) in [6, 6.07) is 9.10. The van der Waals surface area contributed by atoms with E-state index in [2.05, 4.69) is 0 Å². The van der Waals surface area contributed by atoms with Crippen molar-refractivity contribution in [2.75, 3.05) is 18.2 Å². The summed E-state index contributed by atoms with van der Waals surface area (Å²) in [7, 11) is 0. The smallest absolute Gasteiger partial charge is 0.340 e. The van der Waals surface area contributed by atoms with Gasteiger partial charge in [0.1, 0.15) is 11.3 Å². The zero-order chi connectivity index (χ0) is 21.5. The molecule has 0 atom stereocenters. The van der Waals surface area contributed by atoms with Crippen LogP contribution < -0.4 is 15.3 Å². The van der Waals surface area contributed by atoms with Crippen molar-refractivity contribution in [3.05, 3.63) is 68.0 Å². The number of carbonyl (C=O) groups excluding carboxylic acids is 1. The first-order valence-electron chi connectivity index (χ1n) is 10.5. The van der Waals surface area contributed by atoms with Gasteiger partial charge in [0.15, 0.2) is 6.73 Å². The summed E-state index contributed by atoms with van der Waals surface area (Å²) < 4.78 is 17.0. The Morgan fingerprint density at radius 3 is 2.74 bits per heavy atom. The third kappa shape index (κ3) is 3.35. The molecule has 0 unspecified atom stereocenters. The van der Waals surface area contributed by atoms with Crippen LogP contribution >= 0.6 is 11.6 Å². The maximum atomic E-state index is 12.7. The molecule has 160 valence electrons. The molecule has 0 bridgehead atoms. The fraction of sp³-hybridized carbons (Fsp3) is 0.333. The Bertz CT molecular complexity index is 1250. The fourth-order valence-electron chi connectivity index (χ4n) is 4.55. The van der Waals surface area contributed by atoms with Gasteiger partial charge in [-0.1, -0.05) is 23.7 Å². The second-order valence-electron chi connectivity index (χ2n) is 7.81. The maximum absolute atomic E-state index is 12.7. The number of anilines is 1. The van der Waals surface area contributed by atoms with Crippen molar-refractivity contribution in [3.8, 4) is 5.75 Å². The van der Waals surface area contributed by atoms with E-state index in [0.29, 0.717) is 40.8 Å². The van der Waals surface area contributed by atoms with Gasteiger partial charge in [-0.15, -0.1) is 0 Å². The van der Waals surface area contributed by atoms with Crippen LogP contribution in [0.25, 0.3) is 11.0 Å². The first-order valence-corrected chi connectivity index (χ1v) is 10.9. The minimum Gasteiger partial charge on any atom is -0.471 e. The second-order valence-corrected chi connectivity index (χ2v) is 8.21. The summed E-state index contributed by atoms with van der Waals surface area (Å²) in [5.74, 6) is 0.137. The number of carbonyl (C=O) groups is 1. The molecule has 1 aliphatic heterocycles. The van der Waals surface area contributed by atoms with Crippen LogP contribution in [-0.2, 0) is 24.1 Å². The predicted octanol–water partition coefficient (Wildman–Crippen LogP) is 4.86. The number of esters is 1. The molecule has 1 aliphatic carbocycles. The van der Waals surface area contributed by atoms with Crippen LogP contribution in [0, 0.1) is 0 Å². The van der Waals surface area contributed by atoms with Gasteiger partial charge in [0.2, 0.25) is 0 Å². The van der Waals surface area contributed by atoms with Gasteiger partial charge in [0, 0.05) is 10.9 Å². The summed E-state index contributed by atoms with van der Waals surface area (Å²) >= 11 is 6.58. The standard InChI is InChI=1S/C24H22ClNO5/c1-2-29-23(27)16-9-5-6-10-20(16)26-12-18-21-17(11-19(25)22(18)30-13-26)14-7-3-4-8-15(14)24(28)31-21/h5-6,9-11H,2-4,7-8,12-13H2,1H3. The second kappa shape index (κ2) is 7.93. The van der Waals surface area contributed by atoms with E-state index in [0.717, 1.165) is 47.8 Å². The van der Waals surface area contributed by atoms with E-state index in [9.17, 15) is 9.59 Å². The Morgan fingerprint density at radius 1 is 1.16 bits per heavy atom. The van der Waals surface area contributed by atoms with E-state index in [4.69, 9.17) is 25.5 Å². The largest absolute Gasteiger partial charge is 0.471 e. The lowest BCUT2D eigenvalue weighted by atomic mass is 9.89. The highest BCUT2D eigenvalue weighted by Gasteiger charge is 2.29. The summed E-state index contributed by atoms with van der Waals surface area (Å²) in [4.78, 5) is 27.1. The molecular formula is C24H22ClNO5. The monoisotopic (exact) mass is 439 g/mol.